The Bertz CT molecular complexity index is 554. The van der Waals surface area contributed by atoms with E-state index in [9.17, 15) is 14.9 Å². The molecule has 0 unspecified atom stereocenters. The Morgan fingerprint density at radius 1 is 1.43 bits per heavy atom. The molecule has 1 amide bonds. The number of hydrogen-bond acceptors (Lipinski definition) is 6. The fourth-order valence-corrected chi connectivity index (χ4v) is 4.68. The summed E-state index contributed by atoms with van der Waals surface area (Å²) in [5.74, 6) is 2.01. The highest BCUT2D eigenvalue weighted by Crippen LogP contribution is 2.45. The van der Waals surface area contributed by atoms with Crippen molar-refractivity contribution in [3.63, 3.8) is 0 Å². The maximum atomic E-state index is 11.8. The fraction of sp³-hybridized carbons (Fsp3) is 0.385. The molecule has 1 aromatic rings. The third-order valence-corrected chi connectivity index (χ3v) is 6.18. The van der Waals surface area contributed by atoms with E-state index in [1.807, 2.05) is 0 Å². The molecule has 1 saturated heterocycles. The average molecular weight is 325 g/mol. The number of nitro benzene ring substituents is 1. The summed E-state index contributed by atoms with van der Waals surface area (Å²) in [6.45, 7) is 2.06. The molecule has 0 bridgehead atoms. The summed E-state index contributed by atoms with van der Waals surface area (Å²) >= 11 is 3.59. The Morgan fingerprint density at radius 2 is 2.05 bits per heavy atom. The lowest BCUT2D eigenvalue weighted by Gasteiger charge is -2.19. The lowest BCUT2D eigenvalue weighted by molar-refractivity contribution is -0.384. The molecule has 0 radical (unpaired) electrons. The van der Waals surface area contributed by atoms with Gasteiger partial charge in [-0.05, 0) is 24.6 Å². The summed E-state index contributed by atoms with van der Waals surface area (Å²) in [4.78, 5) is 21.9. The zero-order chi connectivity index (χ0) is 15.3. The van der Waals surface area contributed by atoms with Crippen molar-refractivity contribution >= 4 is 41.3 Å². The first-order valence-corrected chi connectivity index (χ1v) is 8.30. The number of rotatable bonds is 5. The van der Waals surface area contributed by atoms with Gasteiger partial charge in [-0.1, -0.05) is 0 Å². The van der Waals surface area contributed by atoms with Gasteiger partial charge in [0, 0.05) is 23.6 Å². The highest BCUT2D eigenvalue weighted by Gasteiger charge is 2.32. The summed E-state index contributed by atoms with van der Waals surface area (Å²) in [6.07, 6.45) is 1.89. The van der Waals surface area contributed by atoms with Gasteiger partial charge in [-0.3, -0.25) is 14.9 Å². The molecule has 0 atom stereocenters. The Kier molecular flexibility index (Phi) is 5.24. The van der Waals surface area contributed by atoms with E-state index >= 15 is 0 Å². The van der Waals surface area contributed by atoms with Crippen LogP contribution in [0.1, 0.15) is 18.9 Å². The maximum absolute atomic E-state index is 11.8. The summed E-state index contributed by atoms with van der Waals surface area (Å²) in [5, 5.41) is 14.4. The molecule has 0 saturated carbocycles. The molecule has 2 rings (SSSR count). The Morgan fingerprint density at radius 3 is 2.62 bits per heavy atom. The smallest absolute Gasteiger partial charge is 0.269 e. The predicted molar refractivity (Wildman–Crippen MR) is 86.8 cm³/mol. The van der Waals surface area contributed by atoms with Gasteiger partial charge in [0.15, 0.2) is 0 Å². The van der Waals surface area contributed by atoms with Gasteiger partial charge in [0.05, 0.1) is 21.6 Å². The highest BCUT2D eigenvalue weighted by molar-refractivity contribution is 8.21. The highest BCUT2D eigenvalue weighted by atomic mass is 32.2. The molecular formula is C13H15N3O3S2. The summed E-state index contributed by atoms with van der Waals surface area (Å²) < 4.78 is -0.0625. The normalized spacial score (nSPS) is 17.0. The van der Waals surface area contributed by atoms with Crippen LogP contribution in [0.3, 0.4) is 0 Å². The zero-order valence-electron chi connectivity index (χ0n) is 11.4. The van der Waals surface area contributed by atoms with Crippen LogP contribution in [0.15, 0.2) is 29.4 Å². The van der Waals surface area contributed by atoms with E-state index in [1.54, 1.807) is 35.7 Å². The number of nitrogens with one attached hydrogen (secondary N) is 1. The van der Waals surface area contributed by atoms with E-state index in [2.05, 4.69) is 17.5 Å². The van der Waals surface area contributed by atoms with E-state index in [-0.39, 0.29) is 15.7 Å². The van der Waals surface area contributed by atoms with Crippen LogP contribution in [0.4, 0.5) is 5.69 Å². The average Bonchev–Trinajstić information content (AvgIpc) is 2.85. The summed E-state index contributed by atoms with van der Waals surface area (Å²) in [7, 11) is 0. The zero-order valence-corrected chi connectivity index (χ0v) is 13.1. The first kappa shape index (κ1) is 15.8. The first-order chi connectivity index (χ1) is 9.98. The minimum absolute atomic E-state index is 0.0272. The number of hydrazone groups is 1. The van der Waals surface area contributed by atoms with Crippen LogP contribution in [0, 0.1) is 10.1 Å². The van der Waals surface area contributed by atoms with E-state index in [4.69, 9.17) is 0 Å². The number of hydrogen-bond donors (Lipinski definition) is 1. The number of benzene rings is 1. The van der Waals surface area contributed by atoms with Crippen molar-refractivity contribution in [1.29, 1.82) is 0 Å². The molecule has 1 aliphatic rings. The molecule has 1 fully saturated rings. The minimum atomic E-state index is -0.458. The van der Waals surface area contributed by atoms with Crippen molar-refractivity contribution < 1.29 is 9.72 Å². The molecule has 0 aromatic heterocycles. The van der Waals surface area contributed by atoms with E-state index in [1.165, 1.54) is 18.3 Å². The van der Waals surface area contributed by atoms with Crippen molar-refractivity contribution in [1.82, 2.24) is 5.43 Å². The predicted octanol–water partition coefficient (Wildman–Crippen LogP) is 2.63. The molecule has 0 aliphatic carbocycles. The number of carbonyl (C=O) groups is 1. The van der Waals surface area contributed by atoms with Gasteiger partial charge in [-0.2, -0.15) is 5.10 Å². The van der Waals surface area contributed by atoms with Gasteiger partial charge in [0.25, 0.3) is 5.69 Å². The Balaban J connectivity index is 1.84. The largest absolute Gasteiger partial charge is 0.273 e. The summed E-state index contributed by atoms with van der Waals surface area (Å²) in [6, 6.07) is 5.96. The second kappa shape index (κ2) is 6.95. The molecule has 1 aromatic carbocycles. The second-order valence-electron chi connectivity index (χ2n) is 4.65. The van der Waals surface area contributed by atoms with Crippen LogP contribution >= 0.6 is 23.5 Å². The maximum Gasteiger partial charge on any atom is 0.269 e. The fourth-order valence-electron chi connectivity index (χ4n) is 1.85. The molecule has 112 valence electrons. The minimum Gasteiger partial charge on any atom is -0.273 e. The molecule has 1 aliphatic heterocycles. The third-order valence-electron chi connectivity index (χ3n) is 2.89. The number of thioether (sulfide) groups is 2. The van der Waals surface area contributed by atoms with Gasteiger partial charge >= 0.3 is 0 Å². The monoisotopic (exact) mass is 325 g/mol. The van der Waals surface area contributed by atoms with E-state index in [0.29, 0.717) is 12.0 Å². The van der Waals surface area contributed by atoms with Crippen molar-refractivity contribution in [2.24, 2.45) is 5.10 Å². The Labute approximate surface area is 130 Å². The van der Waals surface area contributed by atoms with Crippen molar-refractivity contribution in [2.75, 3.05) is 11.5 Å². The quantitative estimate of drug-likeness (QED) is 0.511. The lowest BCUT2D eigenvalue weighted by atomic mass is 10.2. The lowest BCUT2D eigenvalue weighted by Crippen LogP contribution is -2.26. The number of non-ortho nitro benzene ring substituents is 1. The van der Waals surface area contributed by atoms with Crippen LogP contribution in [-0.4, -0.2) is 32.6 Å². The van der Waals surface area contributed by atoms with Gasteiger partial charge in [-0.15, -0.1) is 23.5 Å². The number of amides is 1. The van der Waals surface area contributed by atoms with Gasteiger partial charge in [-0.25, -0.2) is 5.43 Å². The van der Waals surface area contributed by atoms with Crippen molar-refractivity contribution in [2.45, 2.75) is 17.4 Å². The molecular weight excluding hydrogens is 310 g/mol. The van der Waals surface area contributed by atoms with Gasteiger partial charge in [0.1, 0.15) is 0 Å². The van der Waals surface area contributed by atoms with Crippen LogP contribution in [-0.2, 0) is 4.79 Å². The molecule has 8 heteroatoms. The first-order valence-electron chi connectivity index (χ1n) is 6.33. The van der Waals surface area contributed by atoms with Gasteiger partial charge in [0.2, 0.25) is 5.91 Å². The third kappa shape index (κ3) is 4.75. The van der Waals surface area contributed by atoms with E-state index in [0.717, 1.165) is 11.5 Å². The van der Waals surface area contributed by atoms with Crippen molar-refractivity contribution in [3.05, 3.63) is 39.9 Å². The standard InChI is InChI=1S/C13H15N3O3S2/c1-13(20-6-7-21-13)8-12(17)15-14-9-10-2-4-11(5-3-10)16(18)19/h2-5,9H,6-8H2,1H3,(H,15,17). The van der Waals surface area contributed by atoms with Crippen LogP contribution in [0.25, 0.3) is 0 Å². The summed E-state index contributed by atoms with van der Waals surface area (Å²) in [5.41, 5.74) is 3.21. The second-order valence-corrected chi connectivity index (χ2v) is 8.10. The molecule has 21 heavy (non-hydrogen) atoms. The number of nitrogens with zero attached hydrogens (tertiary/aromatic N) is 2. The van der Waals surface area contributed by atoms with Gasteiger partial charge < -0.3 is 0 Å². The molecule has 1 N–H and O–H groups in total. The molecule has 0 spiro atoms. The number of carbonyl (C=O) groups excluding carboxylic acids is 1. The Hall–Kier alpha value is -1.54. The topological polar surface area (TPSA) is 84.6 Å². The van der Waals surface area contributed by atoms with Crippen LogP contribution in [0.5, 0.6) is 0 Å². The SMILES string of the molecule is CC1(CC(=O)NN=Cc2ccc([N+](=O)[O-])cc2)SCCS1. The van der Waals surface area contributed by atoms with Crippen molar-refractivity contribution in [3.8, 4) is 0 Å². The van der Waals surface area contributed by atoms with E-state index < -0.39 is 4.92 Å². The number of nitro groups is 1. The van der Waals surface area contributed by atoms with Crippen LogP contribution in [0.2, 0.25) is 0 Å². The molecule has 1 heterocycles. The van der Waals surface area contributed by atoms with Crippen LogP contribution < -0.4 is 5.43 Å². The molecule has 6 nitrogen and oxygen atoms in total.